The minimum atomic E-state index is -0.193. The van der Waals surface area contributed by atoms with Gasteiger partial charge in [-0.15, -0.1) is 24.2 Å². The standard InChI is InChI=1S/C17H28N4O3S.ClH/c1-13-10-15(21-24-13)20-17(23)12-25-11-16(22)19-9-8-18-14-6-4-2-3-5-7-14;/h10,14,18H,2-9,11-12H2,1H3,(H,19,22)(H,20,21,23);1H. The molecule has 1 aromatic rings. The van der Waals surface area contributed by atoms with E-state index in [0.717, 1.165) is 6.54 Å². The van der Waals surface area contributed by atoms with E-state index in [1.54, 1.807) is 13.0 Å². The summed E-state index contributed by atoms with van der Waals surface area (Å²) in [5, 5.41) is 12.7. The van der Waals surface area contributed by atoms with Crippen LogP contribution in [0.2, 0.25) is 0 Å². The Morgan fingerprint density at radius 1 is 1.15 bits per heavy atom. The highest BCUT2D eigenvalue weighted by atomic mass is 35.5. The molecule has 26 heavy (non-hydrogen) atoms. The van der Waals surface area contributed by atoms with Gasteiger partial charge in [-0.2, -0.15) is 0 Å². The third-order valence-electron chi connectivity index (χ3n) is 4.10. The molecule has 0 radical (unpaired) electrons. The molecule has 0 atom stereocenters. The average Bonchev–Trinajstić information content (AvgIpc) is 2.83. The largest absolute Gasteiger partial charge is 0.360 e. The zero-order valence-corrected chi connectivity index (χ0v) is 16.8. The summed E-state index contributed by atoms with van der Waals surface area (Å²) in [7, 11) is 0. The second-order valence-corrected chi connectivity index (χ2v) is 7.34. The number of hydrogen-bond acceptors (Lipinski definition) is 6. The van der Waals surface area contributed by atoms with Gasteiger partial charge in [0.15, 0.2) is 5.82 Å². The summed E-state index contributed by atoms with van der Waals surface area (Å²) < 4.78 is 4.87. The van der Waals surface area contributed by atoms with E-state index in [0.29, 0.717) is 24.2 Å². The molecule has 0 bridgehead atoms. The topological polar surface area (TPSA) is 96.3 Å². The number of thioether (sulfide) groups is 1. The fourth-order valence-electron chi connectivity index (χ4n) is 2.85. The maximum atomic E-state index is 11.8. The summed E-state index contributed by atoms with van der Waals surface area (Å²) in [5.74, 6) is 1.28. The molecule has 7 nitrogen and oxygen atoms in total. The van der Waals surface area contributed by atoms with E-state index in [4.69, 9.17) is 4.52 Å². The molecule has 0 spiro atoms. The van der Waals surface area contributed by atoms with Crippen molar-refractivity contribution < 1.29 is 14.1 Å². The quantitative estimate of drug-likeness (QED) is 0.432. The maximum Gasteiger partial charge on any atom is 0.235 e. The van der Waals surface area contributed by atoms with E-state index in [9.17, 15) is 9.59 Å². The molecule has 1 aliphatic carbocycles. The Labute approximate surface area is 165 Å². The van der Waals surface area contributed by atoms with Gasteiger partial charge in [0.25, 0.3) is 0 Å². The molecule has 1 fully saturated rings. The highest BCUT2D eigenvalue weighted by Gasteiger charge is 2.11. The smallest absolute Gasteiger partial charge is 0.235 e. The molecule has 2 rings (SSSR count). The van der Waals surface area contributed by atoms with Crippen LogP contribution in [0.4, 0.5) is 5.82 Å². The Hall–Kier alpha value is -1.25. The Morgan fingerprint density at radius 2 is 1.85 bits per heavy atom. The number of carbonyl (C=O) groups excluding carboxylic acids is 2. The summed E-state index contributed by atoms with van der Waals surface area (Å²) in [5.41, 5.74) is 0. The molecular weight excluding hydrogens is 376 g/mol. The lowest BCUT2D eigenvalue weighted by Gasteiger charge is -2.16. The number of halogens is 1. The SMILES string of the molecule is Cc1cc(NC(=O)CSCC(=O)NCCNC2CCCCCC2)no1.Cl. The van der Waals surface area contributed by atoms with Gasteiger partial charge >= 0.3 is 0 Å². The van der Waals surface area contributed by atoms with Crippen molar-refractivity contribution in [2.45, 2.75) is 51.5 Å². The number of carbonyl (C=O) groups is 2. The summed E-state index contributed by atoms with van der Waals surface area (Å²) in [4.78, 5) is 23.5. The van der Waals surface area contributed by atoms with Gasteiger partial charge in [0.1, 0.15) is 5.76 Å². The van der Waals surface area contributed by atoms with Crippen LogP contribution in [-0.2, 0) is 9.59 Å². The van der Waals surface area contributed by atoms with Crippen molar-refractivity contribution in [2.75, 3.05) is 29.9 Å². The van der Waals surface area contributed by atoms with Crippen LogP contribution in [0, 0.1) is 6.92 Å². The van der Waals surface area contributed by atoms with Gasteiger partial charge in [-0.3, -0.25) is 9.59 Å². The van der Waals surface area contributed by atoms with Crippen LogP contribution in [0.5, 0.6) is 0 Å². The first-order chi connectivity index (χ1) is 12.1. The Balaban J connectivity index is 0.00000338. The summed E-state index contributed by atoms with van der Waals surface area (Å²) in [6, 6.07) is 2.24. The van der Waals surface area contributed by atoms with E-state index >= 15 is 0 Å². The van der Waals surface area contributed by atoms with E-state index in [1.165, 1.54) is 50.3 Å². The second-order valence-electron chi connectivity index (χ2n) is 6.36. The molecule has 1 aliphatic rings. The normalized spacial score (nSPS) is 15.0. The van der Waals surface area contributed by atoms with Gasteiger partial charge in [-0.05, 0) is 19.8 Å². The highest BCUT2D eigenvalue weighted by molar-refractivity contribution is 8.00. The molecule has 148 valence electrons. The fraction of sp³-hybridized carbons (Fsp3) is 0.706. The van der Waals surface area contributed by atoms with Crippen LogP contribution in [0.15, 0.2) is 10.6 Å². The van der Waals surface area contributed by atoms with Crippen LogP contribution in [0.3, 0.4) is 0 Å². The van der Waals surface area contributed by atoms with E-state index < -0.39 is 0 Å². The van der Waals surface area contributed by atoms with Crippen LogP contribution >= 0.6 is 24.2 Å². The number of nitrogens with zero attached hydrogens (tertiary/aromatic N) is 1. The molecule has 3 N–H and O–H groups in total. The Morgan fingerprint density at radius 3 is 2.50 bits per heavy atom. The van der Waals surface area contributed by atoms with Crippen molar-refractivity contribution in [3.63, 3.8) is 0 Å². The molecule has 1 heterocycles. The van der Waals surface area contributed by atoms with Gasteiger partial charge in [0.2, 0.25) is 11.8 Å². The molecule has 2 amide bonds. The molecule has 1 aromatic heterocycles. The van der Waals surface area contributed by atoms with Gasteiger partial charge in [0, 0.05) is 25.2 Å². The second kappa shape index (κ2) is 13.0. The Kier molecular flexibility index (Phi) is 11.4. The summed E-state index contributed by atoms with van der Waals surface area (Å²) in [6.07, 6.45) is 7.77. The maximum absolute atomic E-state index is 11.8. The Bertz CT molecular complexity index is 548. The molecule has 0 saturated heterocycles. The third kappa shape index (κ3) is 9.45. The lowest BCUT2D eigenvalue weighted by atomic mass is 10.1. The number of nitrogens with one attached hydrogen (secondary N) is 3. The molecule has 9 heteroatoms. The van der Waals surface area contributed by atoms with Crippen molar-refractivity contribution in [3.05, 3.63) is 11.8 Å². The predicted octanol–water partition coefficient (Wildman–Crippen LogP) is 2.51. The number of anilines is 1. The predicted molar refractivity (Wildman–Crippen MR) is 107 cm³/mol. The molecule has 0 unspecified atom stereocenters. The van der Waals surface area contributed by atoms with Gasteiger partial charge in [-0.1, -0.05) is 30.8 Å². The zero-order chi connectivity index (χ0) is 17.9. The minimum absolute atomic E-state index is 0. The average molecular weight is 405 g/mol. The molecule has 0 aliphatic heterocycles. The summed E-state index contributed by atoms with van der Waals surface area (Å²) >= 11 is 1.28. The van der Waals surface area contributed by atoms with Crippen molar-refractivity contribution in [1.29, 1.82) is 0 Å². The van der Waals surface area contributed by atoms with Crippen molar-refractivity contribution in [2.24, 2.45) is 0 Å². The molecular formula is C17H29ClN4O3S. The van der Waals surface area contributed by atoms with Crippen molar-refractivity contribution in [3.8, 4) is 0 Å². The zero-order valence-electron chi connectivity index (χ0n) is 15.2. The van der Waals surface area contributed by atoms with Crippen LogP contribution in [0.25, 0.3) is 0 Å². The number of aryl methyl sites for hydroxylation is 1. The number of amides is 2. The molecule has 1 saturated carbocycles. The van der Waals surface area contributed by atoms with Gasteiger partial charge in [0.05, 0.1) is 11.5 Å². The van der Waals surface area contributed by atoms with Crippen LogP contribution < -0.4 is 16.0 Å². The first-order valence-corrected chi connectivity index (χ1v) is 10.1. The van der Waals surface area contributed by atoms with Crippen molar-refractivity contribution in [1.82, 2.24) is 15.8 Å². The lowest BCUT2D eigenvalue weighted by Crippen LogP contribution is -2.37. The monoisotopic (exact) mass is 404 g/mol. The number of aromatic nitrogens is 1. The minimum Gasteiger partial charge on any atom is -0.360 e. The first-order valence-electron chi connectivity index (χ1n) is 8.94. The van der Waals surface area contributed by atoms with Crippen molar-refractivity contribution >= 4 is 41.8 Å². The van der Waals surface area contributed by atoms with E-state index in [-0.39, 0.29) is 35.7 Å². The van der Waals surface area contributed by atoms with E-state index in [2.05, 4.69) is 21.1 Å². The van der Waals surface area contributed by atoms with Crippen LogP contribution in [0.1, 0.15) is 44.3 Å². The summed E-state index contributed by atoms with van der Waals surface area (Å²) in [6.45, 7) is 3.18. The highest BCUT2D eigenvalue weighted by Crippen LogP contribution is 2.16. The van der Waals surface area contributed by atoms with Gasteiger partial charge < -0.3 is 20.5 Å². The first kappa shape index (κ1) is 22.8. The third-order valence-corrected chi connectivity index (χ3v) is 5.03. The molecule has 0 aromatic carbocycles. The lowest BCUT2D eigenvalue weighted by molar-refractivity contribution is -0.118. The van der Waals surface area contributed by atoms with E-state index in [1.807, 2.05) is 0 Å². The van der Waals surface area contributed by atoms with Crippen LogP contribution in [-0.4, -0.2) is 47.6 Å². The number of hydrogen-bond donors (Lipinski definition) is 3. The fourth-order valence-corrected chi connectivity index (χ4v) is 3.50. The van der Waals surface area contributed by atoms with Gasteiger partial charge in [-0.25, -0.2) is 0 Å². The number of rotatable bonds is 9.